The van der Waals surface area contributed by atoms with Crippen molar-refractivity contribution in [3.63, 3.8) is 0 Å². The minimum atomic E-state index is -0.733. The molecule has 1 N–H and O–H groups in total. The molecule has 0 radical (unpaired) electrons. The Balaban J connectivity index is 2.43. The highest BCUT2D eigenvalue weighted by molar-refractivity contribution is 7.18. The maximum atomic E-state index is 13.0. The quantitative estimate of drug-likeness (QED) is 0.282. The van der Waals surface area contributed by atoms with E-state index in [1.807, 2.05) is 13.0 Å². The van der Waals surface area contributed by atoms with Gasteiger partial charge in [0, 0.05) is 5.56 Å². The van der Waals surface area contributed by atoms with Crippen LogP contribution in [0.2, 0.25) is 0 Å². The van der Waals surface area contributed by atoms with E-state index in [0.717, 1.165) is 17.8 Å². The summed E-state index contributed by atoms with van der Waals surface area (Å²) in [5.41, 5.74) is 0.765. The van der Waals surface area contributed by atoms with E-state index < -0.39 is 17.8 Å². The van der Waals surface area contributed by atoms with Crippen LogP contribution in [0.4, 0.5) is 5.00 Å². The molecule has 0 fully saturated rings. The lowest BCUT2D eigenvalue weighted by atomic mass is 10.1. The van der Waals surface area contributed by atoms with Crippen molar-refractivity contribution in [2.75, 3.05) is 18.5 Å². The molecule has 0 aliphatic rings. The third-order valence-corrected chi connectivity index (χ3v) is 5.61. The second-order valence-corrected chi connectivity index (χ2v) is 8.47. The molecule has 0 atom stereocenters. The molecule has 0 aliphatic heterocycles. The Labute approximate surface area is 203 Å². The van der Waals surface area contributed by atoms with E-state index in [9.17, 15) is 19.6 Å². The number of amides is 1. The molecule has 1 aromatic carbocycles. The maximum absolute atomic E-state index is 13.0. The van der Waals surface area contributed by atoms with Crippen molar-refractivity contribution in [2.24, 2.45) is 0 Å². The van der Waals surface area contributed by atoms with E-state index in [1.165, 1.54) is 6.08 Å². The number of hydrogen-bond donors (Lipinski definition) is 1. The van der Waals surface area contributed by atoms with Gasteiger partial charge < -0.3 is 19.5 Å². The zero-order chi connectivity index (χ0) is 25.3. The lowest BCUT2D eigenvalue weighted by molar-refractivity contribution is -0.112. The Hall–Kier alpha value is -3.64. The first-order valence-electron chi connectivity index (χ1n) is 10.9. The SMILES string of the molecule is CCCOc1ccccc1/C=C(\C#N)C(=O)Nc1sc(C(=O)OC(C)C)c(C)c1C(=O)OCC. The van der Waals surface area contributed by atoms with Gasteiger partial charge in [-0.25, -0.2) is 9.59 Å². The molecule has 2 rings (SSSR count). The number of anilines is 1. The Morgan fingerprint density at radius 1 is 1.18 bits per heavy atom. The number of nitrogens with one attached hydrogen (secondary N) is 1. The van der Waals surface area contributed by atoms with Crippen LogP contribution < -0.4 is 10.1 Å². The number of thiophene rings is 1. The van der Waals surface area contributed by atoms with Gasteiger partial charge in [-0.2, -0.15) is 5.26 Å². The zero-order valence-corrected chi connectivity index (χ0v) is 20.7. The number of carbonyl (C=O) groups excluding carboxylic acids is 3. The zero-order valence-electron chi connectivity index (χ0n) is 19.9. The number of rotatable bonds is 10. The van der Waals surface area contributed by atoms with Crippen molar-refractivity contribution in [2.45, 2.75) is 47.1 Å². The number of benzene rings is 1. The van der Waals surface area contributed by atoms with Gasteiger partial charge in [0.05, 0.1) is 24.9 Å². The van der Waals surface area contributed by atoms with Gasteiger partial charge in [0.1, 0.15) is 27.3 Å². The molecule has 1 heterocycles. The molecule has 1 aromatic heterocycles. The standard InChI is InChI=1S/C25H28N2O6S/c1-6-12-32-19-11-9-8-10-17(19)13-18(14-26)22(28)27-23-20(24(29)31-7-2)16(5)21(34-23)25(30)33-15(3)4/h8-11,13,15H,6-7,12H2,1-5H3,(H,27,28)/b18-13+. The van der Waals surface area contributed by atoms with Crippen molar-refractivity contribution in [3.8, 4) is 11.8 Å². The molecule has 34 heavy (non-hydrogen) atoms. The molecule has 180 valence electrons. The summed E-state index contributed by atoms with van der Waals surface area (Å²) in [6.45, 7) is 9.24. The predicted octanol–water partition coefficient (Wildman–Crippen LogP) is 5.13. The number of ether oxygens (including phenoxy) is 3. The third kappa shape index (κ3) is 6.68. The number of para-hydroxylation sites is 1. The fourth-order valence-electron chi connectivity index (χ4n) is 2.93. The summed E-state index contributed by atoms with van der Waals surface area (Å²) in [5, 5.41) is 12.3. The van der Waals surface area contributed by atoms with Crippen molar-refractivity contribution >= 4 is 40.3 Å². The van der Waals surface area contributed by atoms with Crippen LogP contribution in [0.5, 0.6) is 5.75 Å². The van der Waals surface area contributed by atoms with Crippen LogP contribution in [0.25, 0.3) is 6.08 Å². The van der Waals surface area contributed by atoms with Crippen LogP contribution in [0, 0.1) is 18.3 Å². The van der Waals surface area contributed by atoms with Crippen LogP contribution in [0.1, 0.15) is 65.3 Å². The van der Waals surface area contributed by atoms with Gasteiger partial charge in [-0.3, -0.25) is 4.79 Å². The summed E-state index contributed by atoms with van der Waals surface area (Å²) in [6.07, 6.45) is 1.86. The molecule has 0 bridgehead atoms. The van der Waals surface area contributed by atoms with Crippen LogP contribution in [0.3, 0.4) is 0 Å². The third-order valence-electron chi connectivity index (χ3n) is 4.43. The normalized spacial score (nSPS) is 11.0. The molecule has 9 heteroatoms. The van der Waals surface area contributed by atoms with E-state index in [2.05, 4.69) is 5.32 Å². The minimum absolute atomic E-state index is 0.0554. The number of hydrogen-bond acceptors (Lipinski definition) is 8. The van der Waals surface area contributed by atoms with Crippen LogP contribution >= 0.6 is 11.3 Å². The van der Waals surface area contributed by atoms with Crippen LogP contribution in [-0.4, -0.2) is 37.2 Å². The average molecular weight is 485 g/mol. The predicted molar refractivity (Wildman–Crippen MR) is 130 cm³/mol. The van der Waals surface area contributed by atoms with E-state index in [-0.39, 0.29) is 33.7 Å². The largest absolute Gasteiger partial charge is 0.493 e. The van der Waals surface area contributed by atoms with Crippen molar-refractivity contribution < 1.29 is 28.6 Å². The summed E-state index contributed by atoms with van der Waals surface area (Å²) in [4.78, 5) is 38.2. The molecule has 0 unspecified atom stereocenters. The monoisotopic (exact) mass is 484 g/mol. The van der Waals surface area contributed by atoms with Gasteiger partial charge in [0.15, 0.2) is 0 Å². The molecule has 1 amide bonds. The van der Waals surface area contributed by atoms with Gasteiger partial charge in [-0.05, 0) is 51.8 Å². The Kier molecular flexibility index (Phi) is 9.83. The van der Waals surface area contributed by atoms with Crippen molar-refractivity contribution in [1.29, 1.82) is 5.26 Å². The number of nitrogens with zero attached hydrogens (tertiary/aromatic N) is 1. The van der Waals surface area contributed by atoms with Crippen LogP contribution in [-0.2, 0) is 14.3 Å². The highest BCUT2D eigenvalue weighted by atomic mass is 32.1. The van der Waals surface area contributed by atoms with Gasteiger partial charge in [-0.1, -0.05) is 25.1 Å². The fourth-order valence-corrected chi connectivity index (χ4v) is 4.00. The second-order valence-electron chi connectivity index (χ2n) is 7.45. The number of nitriles is 1. The Bertz CT molecular complexity index is 1130. The van der Waals surface area contributed by atoms with Crippen molar-refractivity contribution in [3.05, 3.63) is 51.4 Å². The second kappa shape index (κ2) is 12.6. The Morgan fingerprint density at radius 2 is 1.88 bits per heavy atom. The molecular weight excluding hydrogens is 456 g/mol. The van der Waals surface area contributed by atoms with Gasteiger partial charge in [0.25, 0.3) is 5.91 Å². The molecule has 8 nitrogen and oxygen atoms in total. The Morgan fingerprint density at radius 3 is 2.50 bits per heavy atom. The van der Waals surface area contributed by atoms with E-state index in [0.29, 0.717) is 23.5 Å². The number of esters is 2. The van der Waals surface area contributed by atoms with E-state index in [4.69, 9.17) is 14.2 Å². The highest BCUT2D eigenvalue weighted by Crippen LogP contribution is 2.35. The summed E-state index contributed by atoms with van der Waals surface area (Å²) in [6, 6.07) is 8.94. The highest BCUT2D eigenvalue weighted by Gasteiger charge is 2.28. The molecular formula is C25H28N2O6S. The average Bonchev–Trinajstić information content (AvgIpc) is 3.12. The smallest absolute Gasteiger partial charge is 0.348 e. The maximum Gasteiger partial charge on any atom is 0.348 e. The first-order chi connectivity index (χ1) is 16.2. The molecule has 0 saturated heterocycles. The number of carbonyl (C=O) groups is 3. The fraction of sp³-hybridized carbons (Fsp3) is 0.360. The molecule has 0 aliphatic carbocycles. The van der Waals surface area contributed by atoms with E-state index in [1.54, 1.807) is 52.0 Å². The topological polar surface area (TPSA) is 115 Å². The summed E-state index contributed by atoms with van der Waals surface area (Å²) >= 11 is 0.899. The first kappa shape index (κ1) is 26.6. The summed E-state index contributed by atoms with van der Waals surface area (Å²) < 4.78 is 16.0. The van der Waals surface area contributed by atoms with E-state index >= 15 is 0 Å². The molecule has 0 saturated carbocycles. The van der Waals surface area contributed by atoms with Gasteiger partial charge in [-0.15, -0.1) is 11.3 Å². The van der Waals surface area contributed by atoms with Crippen LogP contribution in [0.15, 0.2) is 29.8 Å². The summed E-state index contributed by atoms with van der Waals surface area (Å²) in [7, 11) is 0. The lowest BCUT2D eigenvalue weighted by Gasteiger charge is -2.09. The molecule has 0 spiro atoms. The van der Waals surface area contributed by atoms with Gasteiger partial charge in [0.2, 0.25) is 0 Å². The first-order valence-corrected chi connectivity index (χ1v) is 11.7. The van der Waals surface area contributed by atoms with Gasteiger partial charge >= 0.3 is 11.9 Å². The summed E-state index contributed by atoms with van der Waals surface area (Å²) in [5.74, 6) is -1.48. The lowest BCUT2D eigenvalue weighted by Crippen LogP contribution is -2.16. The van der Waals surface area contributed by atoms with Crippen molar-refractivity contribution in [1.82, 2.24) is 0 Å². The minimum Gasteiger partial charge on any atom is -0.493 e. The molecule has 2 aromatic rings.